The van der Waals surface area contributed by atoms with E-state index >= 15 is 0 Å². The number of rotatable bonds is 6. The molecule has 0 aromatic rings. The quantitative estimate of drug-likeness (QED) is 0.398. The van der Waals surface area contributed by atoms with Crippen LogP contribution < -0.4 is 4.72 Å². The first kappa shape index (κ1) is 15.6. The molecular formula is C6H17CaNO3S. The number of unbranched alkanes of at least 4 members (excludes halogenated alkanes) is 3. The van der Waals surface area contributed by atoms with E-state index in [2.05, 4.69) is 6.92 Å². The maximum absolute atomic E-state index is 10.1. The van der Waals surface area contributed by atoms with E-state index in [4.69, 9.17) is 4.55 Å². The Labute approximate surface area is 107 Å². The van der Waals surface area contributed by atoms with E-state index < -0.39 is 10.3 Å². The van der Waals surface area contributed by atoms with Gasteiger partial charge < -0.3 is 2.85 Å². The van der Waals surface area contributed by atoms with Crippen molar-refractivity contribution >= 4 is 48.0 Å². The van der Waals surface area contributed by atoms with Crippen LogP contribution in [0.3, 0.4) is 0 Å². The Hall–Kier alpha value is 1.13. The normalized spacial score (nSPS) is 10.8. The molecular weight excluding hydrogens is 206 g/mol. The molecule has 0 aliphatic heterocycles. The fraction of sp³-hybridized carbons (Fsp3) is 1.00. The molecule has 0 aliphatic carbocycles. The number of hydrogen-bond donors (Lipinski definition) is 2. The fourth-order valence-electron chi connectivity index (χ4n) is 0.753. The number of nitrogens with one attached hydrogen (secondary N) is 1. The summed E-state index contributed by atoms with van der Waals surface area (Å²) >= 11 is 0. The van der Waals surface area contributed by atoms with Crippen LogP contribution in [0.2, 0.25) is 0 Å². The number of hydrogen-bond acceptors (Lipinski definition) is 2. The third kappa shape index (κ3) is 13.7. The Morgan fingerprint density at radius 1 is 1.33 bits per heavy atom. The Kier molecular flexibility index (Phi) is 11.3. The smallest absolute Gasteiger partial charge is 1.00 e. The molecule has 0 unspecified atom stereocenters. The monoisotopic (exact) mass is 223 g/mol. The van der Waals surface area contributed by atoms with Gasteiger partial charge in [0.1, 0.15) is 0 Å². The van der Waals surface area contributed by atoms with Crippen molar-refractivity contribution in [1.29, 1.82) is 0 Å². The van der Waals surface area contributed by atoms with Crippen LogP contribution in [0.15, 0.2) is 0 Å². The molecule has 0 radical (unpaired) electrons. The van der Waals surface area contributed by atoms with Crippen LogP contribution in [0.5, 0.6) is 0 Å². The minimum atomic E-state index is -3.96. The first-order valence-electron chi connectivity index (χ1n) is 3.78. The predicted octanol–water partition coefficient (Wildman–Crippen LogP) is 0.803. The second-order valence-electron chi connectivity index (χ2n) is 2.43. The molecule has 0 saturated carbocycles. The average molecular weight is 223 g/mol. The molecule has 0 rings (SSSR count). The SMILES string of the molecule is CCCCCCNS(=O)(=O)O.[Ca+2].[H-].[H-]. The molecule has 72 valence electrons. The summed E-state index contributed by atoms with van der Waals surface area (Å²) in [7, 11) is -3.96. The predicted molar refractivity (Wildman–Crippen MR) is 51.7 cm³/mol. The van der Waals surface area contributed by atoms with Gasteiger partial charge in [-0.1, -0.05) is 26.2 Å². The first-order chi connectivity index (χ1) is 5.06. The van der Waals surface area contributed by atoms with Crippen LogP contribution in [-0.4, -0.2) is 57.3 Å². The van der Waals surface area contributed by atoms with E-state index in [1.807, 2.05) is 4.72 Å². The topological polar surface area (TPSA) is 66.4 Å². The Balaban J connectivity index is -0.000000167. The van der Waals surface area contributed by atoms with Crippen molar-refractivity contribution < 1.29 is 15.8 Å². The zero-order chi connectivity index (χ0) is 8.74. The van der Waals surface area contributed by atoms with Crippen LogP contribution in [-0.2, 0) is 10.3 Å². The maximum atomic E-state index is 10.1. The van der Waals surface area contributed by atoms with E-state index in [0.29, 0.717) is 6.54 Å². The fourth-order valence-corrected chi connectivity index (χ4v) is 1.16. The second-order valence-corrected chi connectivity index (χ2v) is 3.67. The Bertz CT molecular complexity index is 190. The molecule has 0 saturated heterocycles. The molecule has 6 heteroatoms. The summed E-state index contributed by atoms with van der Waals surface area (Å²) < 4.78 is 30.5. The van der Waals surface area contributed by atoms with Crippen molar-refractivity contribution in [1.82, 2.24) is 4.72 Å². The van der Waals surface area contributed by atoms with Gasteiger partial charge in [0, 0.05) is 6.54 Å². The standard InChI is InChI=1S/C6H15NO3S.Ca.2H/c1-2-3-4-5-6-7-11(8,9)10;;;/h7H,2-6H2,1H3,(H,8,9,10);;;/q;+2;2*-1. The minimum Gasteiger partial charge on any atom is -1.00 e. The molecule has 0 fully saturated rings. The third-order valence-corrected chi connectivity index (χ3v) is 1.88. The molecule has 2 N–H and O–H groups in total. The van der Waals surface area contributed by atoms with Gasteiger partial charge in [0.15, 0.2) is 0 Å². The van der Waals surface area contributed by atoms with Crippen molar-refractivity contribution in [2.45, 2.75) is 32.6 Å². The van der Waals surface area contributed by atoms with Gasteiger partial charge in [-0.25, -0.2) is 0 Å². The van der Waals surface area contributed by atoms with E-state index in [1.54, 1.807) is 0 Å². The van der Waals surface area contributed by atoms with Gasteiger partial charge in [0.2, 0.25) is 0 Å². The van der Waals surface area contributed by atoms with Crippen molar-refractivity contribution in [2.24, 2.45) is 0 Å². The van der Waals surface area contributed by atoms with Crippen LogP contribution in [0, 0.1) is 0 Å². The van der Waals surface area contributed by atoms with Gasteiger partial charge >= 0.3 is 48.0 Å². The van der Waals surface area contributed by atoms with Crippen molar-refractivity contribution in [2.75, 3.05) is 6.54 Å². The molecule has 0 aromatic heterocycles. The molecule has 0 bridgehead atoms. The van der Waals surface area contributed by atoms with Crippen molar-refractivity contribution in [3.8, 4) is 0 Å². The van der Waals surface area contributed by atoms with Crippen LogP contribution in [0.4, 0.5) is 0 Å². The Morgan fingerprint density at radius 3 is 2.33 bits per heavy atom. The summed E-state index contributed by atoms with van der Waals surface area (Å²) in [6, 6.07) is 0. The summed E-state index contributed by atoms with van der Waals surface area (Å²) in [6.45, 7) is 2.41. The van der Waals surface area contributed by atoms with Gasteiger partial charge in [-0.15, -0.1) is 0 Å². The molecule has 0 aromatic carbocycles. The summed E-state index contributed by atoms with van der Waals surface area (Å²) in [5, 5.41) is 0. The molecule has 0 heterocycles. The van der Waals surface area contributed by atoms with E-state index in [9.17, 15) is 8.42 Å². The zero-order valence-electron chi connectivity index (χ0n) is 9.41. The third-order valence-electron chi connectivity index (χ3n) is 1.31. The van der Waals surface area contributed by atoms with Gasteiger partial charge in [0.25, 0.3) is 0 Å². The molecule has 12 heavy (non-hydrogen) atoms. The van der Waals surface area contributed by atoms with Gasteiger partial charge in [-0.05, 0) is 6.42 Å². The first-order valence-corrected chi connectivity index (χ1v) is 5.22. The average Bonchev–Trinajstić information content (AvgIpc) is 1.85. The zero-order valence-corrected chi connectivity index (χ0v) is 10.4. The van der Waals surface area contributed by atoms with Crippen LogP contribution in [0.25, 0.3) is 0 Å². The molecule has 0 aliphatic rings. The van der Waals surface area contributed by atoms with Gasteiger partial charge in [-0.3, -0.25) is 4.55 Å². The molecule has 0 spiro atoms. The summed E-state index contributed by atoms with van der Waals surface area (Å²) in [5.41, 5.74) is 0. The van der Waals surface area contributed by atoms with Crippen molar-refractivity contribution in [3.05, 3.63) is 0 Å². The maximum Gasteiger partial charge on any atom is 2.00 e. The molecule has 0 atom stereocenters. The van der Waals surface area contributed by atoms with E-state index in [0.717, 1.165) is 25.7 Å². The summed E-state index contributed by atoms with van der Waals surface area (Å²) in [6.07, 6.45) is 4.01. The largest absolute Gasteiger partial charge is 2.00 e. The van der Waals surface area contributed by atoms with Gasteiger partial charge in [-0.2, -0.15) is 13.1 Å². The minimum absolute atomic E-state index is 0. The molecule has 0 amide bonds. The summed E-state index contributed by atoms with van der Waals surface area (Å²) in [5.74, 6) is 0. The second kappa shape index (κ2) is 8.72. The van der Waals surface area contributed by atoms with E-state index in [1.165, 1.54) is 0 Å². The van der Waals surface area contributed by atoms with E-state index in [-0.39, 0.29) is 40.6 Å². The molecule has 4 nitrogen and oxygen atoms in total. The van der Waals surface area contributed by atoms with Crippen LogP contribution in [0.1, 0.15) is 35.5 Å². The van der Waals surface area contributed by atoms with Crippen molar-refractivity contribution in [3.63, 3.8) is 0 Å². The summed E-state index contributed by atoms with van der Waals surface area (Å²) in [4.78, 5) is 0. The Morgan fingerprint density at radius 2 is 1.92 bits per heavy atom. The van der Waals surface area contributed by atoms with Crippen LogP contribution >= 0.6 is 0 Å². The van der Waals surface area contributed by atoms with Gasteiger partial charge in [0.05, 0.1) is 0 Å².